The van der Waals surface area contributed by atoms with E-state index in [-0.39, 0.29) is 11.9 Å². The lowest BCUT2D eigenvalue weighted by molar-refractivity contribution is 0.0952. The number of amides is 1. The largest absolute Gasteiger partial charge is 0.397 e. The molecule has 88 valence electrons. The van der Waals surface area contributed by atoms with Crippen molar-refractivity contribution in [2.45, 2.75) is 13.0 Å². The highest BCUT2D eigenvalue weighted by Gasteiger charge is 2.17. The quantitative estimate of drug-likeness (QED) is 0.817. The second-order valence-corrected chi connectivity index (χ2v) is 4.70. The Morgan fingerprint density at radius 2 is 2.47 bits per heavy atom. The van der Waals surface area contributed by atoms with Crippen LogP contribution in [0.4, 0.5) is 5.69 Å². The number of rotatable bonds is 3. The zero-order chi connectivity index (χ0) is 12.4. The summed E-state index contributed by atoms with van der Waals surface area (Å²) in [6.45, 7) is 5.47. The molecule has 0 bridgehead atoms. The van der Waals surface area contributed by atoms with Gasteiger partial charge in [-0.15, -0.1) is 17.9 Å². The lowest BCUT2D eigenvalue weighted by Gasteiger charge is -2.07. The first-order chi connectivity index (χ1) is 8.13. The van der Waals surface area contributed by atoms with Gasteiger partial charge in [-0.2, -0.15) is 0 Å². The predicted octanol–water partition coefficient (Wildman–Crippen LogP) is 2.18. The van der Waals surface area contributed by atoms with Gasteiger partial charge in [-0.3, -0.25) is 4.79 Å². The van der Waals surface area contributed by atoms with Crippen molar-refractivity contribution in [1.29, 1.82) is 0 Å². The number of carbonyl (C=O) groups is 1. The number of hydrogen-bond acceptors (Lipinski definition) is 4. The molecule has 17 heavy (non-hydrogen) atoms. The van der Waals surface area contributed by atoms with Gasteiger partial charge in [-0.05, 0) is 19.1 Å². The van der Waals surface area contributed by atoms with Gasteiger partial charge in [0.2, 0.25) is 0 Å². The maximum atomic E-state index is 11.9. The fourth-order valence-corrected chi connectivity index (χ4v) is 2.42. The van der Waals surface area contributed by atoms with Gasteiger partial charge < -0.3 is 11.1 Å². The highest BCUT2D eigenvalue weighted by molar-refractivity contribution is 7.21. The fourth-order valence-electron chi connectivity index (χ4n) is 1.45. The zero-order valence-corrected chi connectivity index (χ0v) is 10.3. The van der Waals surface area contributed by atoms with Crippen LogP contribution >= 0.6 is 11.3 Å². The predicted molar refractivity (Wildman–Crippen MR) is 71.2 cm³/mol. The standard InChI is InChI=1S/C12H13N3OS/c1-3-7(2)15-11(16)10-9(13)8-5-4-6-14-12(8)17-10/h3-7H,1,13H2,2H3,(H,15,16). The van der Waals surface area contributed by atoms with E-state index in [0.29, 0.717) is 10.6 Å². The number of fused-ring (bicyclic) bond motifs is 1. The number of nitrogens with one attached hydrogen (secondary N) is 1. The number of hydrogen-bond donors (Lipinski definition) is 2. The lowest BCUT2D eigenvalue weighted by Crippen LogP contribution is -2.30. The van der Waals surface area contributed by atoms with Crippen LogP contribution in [0.1, 0.15) is 16.6 Å². The van der Waals surface area contributed by atoms with E-state index in [1.165, 1.54) is 11.3 Å². The minimum absolute atomic E-state index is 0.0833. The summed E-state index contributed by atoms with van der Waals surface area (Å²) in [7, 11) is 0. The minimum Gasteiger partial charge on any atom is -0.397 e. The normalized spacial score (nSPS) is 12.3. The molecule has 0 aliphatic carbocycles. The topological polar surface area (TPSA) is 68.0 Å². The van der Waals surface area contributed by atoms with Crippen LogP contribution < -0.4 is 11.1 Å². The molecule has 4 nitrogen and oxygen atoms in total. The van der Waals surface area contributed by atoms with E-state index >= 15 is 0 Å². The van der Waals surface area contributed by atoms with E-state index in [1.807, 2.05) is 13.0 Å². The Morgan fingerprint density at radius 1 is 1.71 bits per heavy atom. The molecule has 0 saturated heterocycles. The van der Waals surface area contributed by atoms with Crippen LogP contribution in [0.3, 0.4) is 0 Å². The van der Waals surface area contributed by atoms with Crippen molar-refractivity contribution in [2.24, 2.45) is 0 Å². The highest BCUT2D eigenvalue weighted by atomic mass is 32.1. The van der Waals surface area contributed by atoms with E-state index < -0.39 is 0 Å². The minimum atomic E-state index is -0.182. The number of aromatic nitrogens is 1. The van der Waals surface area contributed by atoms with Crippen molar-refractivity contribution in [3.8, 4) is 0 Å². The zero-order valence-electron chi connectivity index (χ0n) is 9.43. The van der Waals surface area contributed by atoms with E-state index in [9.17, 15) is 4.79 Å². The third kappa shape index (κ3) is 2.14. The van der Waals surface area contributed by atoms with Gasteiger partial charge in [0.25, 0.3) is 5.91 Å². The van der Waals surface area contributed by atoms with Crippen molar-refractivity contribution < 1.29 is 4.79 Å². The average molecular weight is 247 g/mol. The Kier molecular flexibility index (Phi) is 3.10. The SMILES string of the molecule is C=CC(C)NC(=O)c1sc2ncccc2c1N. The van der Waals surface area contributed by atoms with Crippen LogP contribution in [0.5, 0.6) is 0 Å². The summed E-state index contributed by atoms with van der Waals surface area (Å²) in [5.74, 6) is -0.182. The molecule has 0 aliphatic rings. The number of nitrogens with two attached hydrogens (primary N) is 1. The molecule has 0 saturated carbocycles. The third-order valence-corrected chi connectivity index (χ3v) is 3.55. The molecule has 5 heteroatoms. The van der Waals surface area contributed by atoms with Crippen LogP contribution in [0.25, 0.3) is 10.2 Å². The summed E-state index contributed by atoms with van der Waals surface area (Å²) in [6, 6.07) is 3.58. The number of pyridine rings is 1. The molecule has 2 aromatic rings. The van der Waals surface area contributed by atoms with Gasteiger partial charge in [0.1, 0.15) is 9.71 Å². The van der Waals surface area contributed by atoms with Crippen molar-refractivity contribution in [1.82, 2.24) is 10.3 Å². The maximum Gasteiger partial charge on any atom is 0.264 e. The number of carbonyl (C=O) groups excluding carboxylic acids is 1. The first-order valence-electron chi connectivity index (χ1n) is 5.20. The van der Waals surface area contributed by atoms with Crippen molar-refractivity contribution in [3.63, 3.8) is 0 Å². The van der Waals surface area contributed by atoms with E-state index in [4.69, 9.17) is 5.73 Å². The second kappa shape index (κ2) is 4.55. The summed E-state index contributed by atoms with van der Waals surface area (Å²) in [5, 5.41) is 3.62. The lowest BCUT2D eigenvalue weighted by atomic mass is 10.2. The summed E-state index contributed by atoms with van der Waals surface area (Å²) in [5.41, 5.74) is 6.43. The van der Waals surface area contributed by atoms with Crippen LogP contribution in [-0.2, 0) is 0 Å². The first-order valence-corrected chi connectivity index (χ1v) is 6.01. The van der Waals surface area contributed by atoms with E-state index in [0.717, 1.165) is 10.2 Å². The Balaban J connectivity index is 2.39. The summed E-state index contributed by atoms with van der Waals surface area (Å²) in [6.07, 6.45) is 3.35. The molecule has 0 spiro atoms. The fraction of sp³-hybridized carbons (Fsp3) is 0.167. The van der Waals surface area contributed by atoms with Gasteiger partial charge in [0.05, 0.1) is 5.69 Å². The molecular formula is C12H13N3OS. The van der Waals surface area contributed by atoms with Crippen LogP contribution in [0.2, 0.25) is 0 Å². The van der Waals surface area contributed by atoms with Gasteiger partial charge in [0, 0.05) is 17.6 Å². The average Bonchev–Trinajstić information content (AvgIpc) is 2.67. The molecule has 2 heterocycles. The van der Waals surface area contributed by atoms with Gasteiger partial charge in [0.15, 0.2) is 0 Å². The Bertz CT molecular complexity index is 576. The number of thiophene rings is 1. The molecule has 0 aromatic carbocycles. The molecule has 0 radical (unpaired) electrons. The van der Waals surface area contributed by atoms with Gasteiger partial charge in [-0.1, -0.05) is 6.08 Å². The van der Waals surface area contributed by atoms with Crippen molar-refractivity contribution in [2.75, 3.05) is 5.73 Å². The van der Waals surface area contributed by atoms with E-state index in [1.54, 1.807) is 18.3 Å². The Morgan fingerprint density at radius 3 is 3.12 bits per heavy atom. The number of anilines is 1. The molecule has 1 amide bonds. The second-order valence-electron chi connectivity index (χ2n) is 3.70. The Hall–Kier alpha value is -1.88. The highest BCUT2D eigenvalue weighted by Crippen LogP contribution is 2.31. The van der Waals surface area contributed by atoms with Crippen LogP contribution in [0, 0.1) is 0 Å². The molecule has 2 rings (SSSR count). The molecule has 0 fully saturated rings. The molecule has 1 unspecified atom stereocenters. The van der Waals surface area contributed by atoms with Crippen LogP contribution in [0.15, 0.2) is 31.0 Å². The van der Waals surface area contributed by atoms with Crippen molar-refractivity contribution in [3.05, 3.63) is 35.9 Å². The number of nitrogen functional groups attached to an aromatic ring is 1. The van der Waals surface area contributed by atoms with Gasteiger partial charge in [-0.25, -0.2) is 4.98 Å². The maximum absolute atomic E-state index is 11.9. The number of nitrogens with zero attached hydrogens (tertiary/aromatic N) is 1. The smallest absolute Gasteiger partial charge is 0.264 e. The molecule has 0 aliphatic heterocycles. The Labute approximate surface area is 103 Å². The summed E-state index contributed by atoms with van der Waals surface area (Å²) < 4.78 is 0. The van der Waals surface area contributed by atoms with Crippen LogP contribution in [-0.4, -0.2) is 16.9 Å². The third-order valence-electron chi connectivity index (χ3n) is 2.42. The molecule has 1 atom stereocenters. The monoisotopic (exact) mass is 247 g/mol. The first kappa shape index (κ1) is 11.6. The summed E-state index contributed by atoms with van der Waals surface area (Å²) in [4.78, 5) is 17.4. The van der Waals surface area contributed by atoms with Crippen molar-refractivity contribution >= 4 is 33.1 Å². The molecule has 2 aromatic heterocycles. The van der Waals surface area contributed by atoms with E-state index in [2.05, 4.69) is 16.9 Å². The summed E-state index contributed by atoms with van der Waals surface area (Å²) >= 11 is 1.30. The molecular weight excluding hydrogens is 234 g/mol. The molecule has 3 N–H and O–H groups in total. The van der Waals surface area contributed by atoms with Gasteiger partial charge >= 0.3 is 0 Å².